The fraction of sp³-hybridized carbons (Fsp3) is 0.214. The monoisotopic (exact) mass is 280 g/mol. The molecule has 0 atom stereocenters. The van der Waals surface area contributed by atoms with Gasteiger partial charge in [-0.2, -0.15) is 0 Å². The molecule has 0 aliphatic heterocycles. The van der Waals surface area contributed by atoms with Crippen LogP contribution >= 0.6 is 11.8 Å². The predicted molar refractivity (Wildman–Crippen MR) is 71.5 cm³/mol. The Bertz CT molecular complexity index is 592. The summed E-state index contributed by atoms with van der Waals surface area (Å²) < 4.78 is 23.4. The molecular formula is C14H13FO3S. The zero-order chi connectivity index (χ0) is 13.8. The standard InChI is InChI=1S/C14H13FO3S/c1-9-14(5-6-18-9)19-8-12(16)10-3-4-13(17-2)11(15)7-10/h3-7H,8H2,1-2H3. The molecule has 5 heteroatoms. The van der Waals surface area contributed by atoms with E-state index in [2.05, 4.69) is 0 Å². The maximum Gasteiger partial charge on any atom is 0.173 e. The number of hydrogen-bond acceptors (Lipinski definition) is 4. The van der Waals surface area contributed by atoms with E-state index in [-0.39, 0.29) is 17.3 Å². The largest absolute Gasteiger partial charge is 0.494 e. The summed E-state index contributed by atoms with van der Waals surface area (Å²) in [7, 11) is 1.39. The van der Waals surface area contributed by atoms with Gasteiger partial charge >= 0.3 is 0 Å². The lowest BCUT2D eigenvalue weighted by atomic mass is 10.1. The number of carbonyl (C=O) groups excluding carboxylic acids is 1. The van der Waals surface area contributed by atoms with Crippen LogP contribution in [0.4, 0.5) is 4.39 Å². The molecule has 1 heterocycles. The van der Waals surface area contributed by atoms with E-state index in [9.17, 15) is 9.18 Å². The van der Waals surface area contributed by atoms with E-state index >= 15 is 0 Å². The molecule has 0 spiro atoms. The Hall–Kier alpha value is -1.75. The molecule has 0 aliphatic carbocycles. The summed E-state index contributed by atoms with van der Waals surface area (Å²) in [5.74, 6) is 0.491. The molecule has 0 N–H and O–H groups in total. The molecule has 0 aliphatic rings. The Morgan fingerprint density at radius 2 is 2.21 bits per heavy atom. The molecular weight excluding hydrogens is 267 g/mol. The fourth-order valence-corrected chi connectivity index (χ4v) is 2.45. The summed E-state index contributed by atoms with van der Waals surface area (Å²) in [6, 6.07) is 6.02. The van der Waals surface area contributed by atoms with Crippen molar-refractivity contribution in [2.45, 2.75) is 11.8 Å². The number of ether oxygens (including phenoxy) is 1. The number of ketones is 1. The second-order valence-corrected chi connectivity index (χ2v) is 4.92. The zero-order valence-corrected chi connectivity index (χ0v) is 11.4. The third kappa shape index (κ3) is 3.17. The van der Waals surface area contributed by atoms with Gasteiger partial charge in [-0.25, -0.2) is 4.39 Å². The number of thioether (sulfide) groups is 1. The molecule has 0 amide bonds. The van der Waals surface area contributed by atoms with Crippen LogP contribution in [0.3, 0.4) is 0 Å². The predicted octanol–water partition coefficient (Wildman–Crippen LogP) is 3.71. The minimum Gasteiger partial charge on any atom is -0.494 e. The van der Waals surface area contributed by atoms with Gasteiger partial charge in [0.25, 0.3) is 0 Å². The van der Waals surface area contributed by atoms with Gasteiger partial charge in [-0.1, -0.05) is 0 Å². The van der Waals surface area contributed by atoms with Crippen molar-refractivity contribution in [1.82, 2.24) is 0 Å². The van der Waals surface area contributed by atoms with E-state index in [0.29, 0.717) is 5.56 Å². The molecule has 2 rings (SSSR count). The van der Waals surface area contributed by atoms with Crippen molar-refractivity contribution >= 4 is 17.5 Å². The molecule has 19 heavy (non-hydrogen) atoms. The molecule has 0 radical (unpaired) electrons. The van der Waals surface area contributed by atoms with Gasteiger partial charge in [0.2, 0.25) is 0 Å². The minimum atomic E-state index is -0.530. The maximum atomic E-state index is 13.5. The number of rotatable bonds is 5. The highest BCUT2D eigenvalue weighted by Gasteiger charge is 2.12. The first-order valence-electron chi connectivity index (χ1n) is 5.65. The highest BCUT2D eigenvalue weighted by atomic mass is 32.2. The van der Waals surface area contributed by atoms with Gasteiger partial charge in [0.05, 0.1) is 19.1 Å². The van der Waals surface area contributed by atoms with Crippen LogP contribution in [0.5, 0.6) is 5.75 Å². The van der Waals surface area contributed by atoms with E-state index < -0.39 is 5.82 Å². The Labute approximate surface area is 114 Å². The van der Waals surface area contributed by atoms with Crippen molar-refractivity contribution in [2.24, 2.45) is 0 Å². The highest BCUT2D eigenvalue weighted by Crippen LogP contribution is 2.25. The van der Waals surface area contributed by atoms with Crippen LogP contribution in [-0.4, -0.2) is 18.6 Å². The second kappa shape index (κ2) is 5.93. The lowest BCUT2D eigenvalue weighted by Gasteiger charge is -2.04. The summed E-state index contributed by atoms with van der Waals surface area (Å²) in [6.45, 7) is 1.83. The number of Topliss-reactive ketones (excluding diaryl/α,β-unsaturated/α-hetero) is 1. The number of methoxy groups -OCH3 is 1. The smallest absolute Gasteiger partial charge is 0.173 e. The fourth-order valence-electron chi connectivity index (χ4n) is 1.59. The van der Waals surface area contributed by atoms with Crippen LogP contribution in [0.2, 0.25) is 0 Å². The van der Waals surface area contributed by atoms with Crippen molar-refractivity contribution in [2.75, 3.05) is 12.9 Å². The summed E-state index contributed by atoms with van der Waals surface area (Å²) in [5, 5.41) is 0. The highest BCUT2D eigenvalue weighted by molar-refractivity contribution is 8.00. The molecule has 0 fully saturated rings. The topological polar surface area (TPSA) is 39.4 Å². The number of aryl methyl sites for hydroxylation is 1. The lowest BCUT2D eigenvalue weighted by molar-refractivity contribution is 0.102. The molecule has 0 bridgehead atoms. The third-order valence-corrected chi connectivity index (χ3v) is 3.78. The lowest BCUT2D eigenvalue weighted by Crippen LogP contribution is -2.03. The molecule has 1 aromatic heterocycles. The van der Waals surface area contributed by atoms with Crippen LogP contribution in [0.1, 0.15) is 16.1 Å². The molecule has 3 nitrogen and oxygen atoms in total. The van der Waals surface area contributed by atoms with Gasteiger partial charge in [-0.3, -0.25) is 4.79 Å². The molecule has 0 unspecified atom stereocenters. The second-order valence-electron chi connectivity index (χ2n) is 3.90. The Kier molecular flexibility index (Phi) is 4.27. The van der Waals surface area contributed by atoms with Crippen LogP contribution in [-0.2, 0) is 0 Å². The summed E-state index contributed by atoms with van der Waals surface area (Å²) >= 11 is 1.38. The molecule has 0 saturated heterocycles. The quantitative estimate of drug-likeness (QED) is 0.618. The Morgan fingerprint density at radius 3 is 2.79 bits per heavy atom. The van der Waals surface area contributed by atoms with E-state index in [4.69, 9.17) is 9.15 Å². The Morgan fingerprint density at radius 1 is 1.42 bits per heavy atom. The van der Waals surface area contributed by atoms with Gasteiger partial charge in [-0.05, 0) is 31.2 Å². The van der Waals surface area contributed by atoms with E-state index in [1.807, 2.05) is 13.0 Å². The van der Waals surface area contributed by atoms with E-state index in [1.165, 1.54) is 31.0 Å². The number of benzene rings is 1. The zero-order valence-electron chi connectivity index (χ0n) is 10.6. The third-order valence-electron chi connectivity index (χ3n) is 2.64. The average molecular weight is 280 g/mol. The molecule has 1 aromatic carbocycles. The molecule has 2 aromatic rings. The van der Waals surface area contributed by atoms with Gasteiger partial charge in [0.15, 0.2) is 17.3 Å². The molecule has 0 saturated carbocycles. The van der Waals surface area contributed by atoms with Crippen molar-refractivity contribution in [1.29, 1.82) is 0 Å². The van der Waals surface area contributed by atoms with Crippen molar-refractivity contribution in [3.63, 3.8) is 0 Å². The number of furan rings is 1. The number of halogens is 1. The van der Waals surface area contributed by atoms with Gasteiger partial charge < -0.3 is 9.15 Å². The summed E-state index contributed by atoms with van der Waals surface area (Å²) in [5.41, 5.74) is 0.340. The number of hydrogen-bond donors (Lipinski definition) is 0. The minimum absolute atomic E-state index is 0.132. The SMILES string of the molecule is COc1ccc(C(=O)CSc2ccoc2C)cc1F. The summed E-state index contributed by atoms with van der Waals surface area (Å²) in [6.07, 6.45) is 1.58. The average Bonchev–Trinajstić information content (AvgIpc) is 2.81. The van der Waals surface area contributed by atoms with Crippen LogP contribution in [0, 0.1) is 12.7 Å². The van der Waals surface area contributed by atoms with Crippen molar-refractivity contribution in [3.05, 3.63) is 47.7 Å². The maximum absolute atomic E-state index is 13.5. The van der Waals surface area contributed by atoms with Gasteiger partial charge in [0, 0.05) is 10.5 Å². The van der Waals surface area contributed by atoms with Crippen LogP contribution in [0.15, 0.2) is 39.8 Å². The van der Waals surface area contributed by atoms with E-state index in [0.717, 1.165) is 10.7 Å². The van der Waals surface area contributed by atoms with E-state index in [1.54, 1.807) is 12.3 Å². The Balaban J connectivity index is 2.04. The first-order chi connectivity index (χ1) is 9.11. The normalized spacial score (nSPS) is 10.5. The number of carbonyl (C=O) groups is 1. The van der Waals surface area contributed by atoms with Crippen molar-refractivity contribution in [3.8, 4) is 5.75 Å². The van der Waals surface area contributed by atoms with Crippen LogP contribution in [0.25, 0.3) is 0 Å². The van der Waals surface area contributed by atoms with Crippen molar-refractivity contribution < 1.29 is 18.3 Å². The summed E-state index contributed by atoms with van der Waals surface area (Å²) in [4.78, 5) is 12.9. The van der Waals surface area contributed by atoms with Gasteiger partial charge in [-0.15, -0.1) is 11.8 Å². The van der Waals surface area contributed by atoms with Gasteiger partial charge in [0.1, 0.15) is 5.76 Å². The first-order valence-corrected chi connectivity index (χ1v) is 6.64. The first kappa shape index (κ1) is 13.7. The van der Waals surface area contributed by atoms with Crippen LogP contribution < -0.4 is 4.74 Å². The molecule has 100 valence electrons.